The van der Waals surface area contributed by atoms with Gasteiger partial charge in [0.25, 0.3) is 11.8 Å². The largest absolute Gasteiger partial charge is 0.274 e. The number of hydrogen-bond acceptors (Lipinski definition) is 2. The topological polar surface area (TPSA) is 37.4 Å². The second-order valence-corrected chi connectivity index (χ2v) is 6.45. The third-order valence-electron chi connectivity index (χ3n) is 3.10. The average Bonchev–Trinajstić information content (AvgIpc) is 2.54. The third-order valence-corrected chi connectivity index (χ3v) is 3.47. The van der Waals surface area contributed by atoms with E-state index >= 15 is 0 Å². The van der Waals surface area contributed by atoms with Crippen molar-refractivity contribution in [3.8, 4) is 0 Å². The molecule has 0 aliphatic carbocycles. The molecule has 1 aliphatic rings. The molecule has 3 nitrogen and oxygen atoms in total. The fraction of sp³-hybridized carbons (Fsp3) is 0.429. The van der Waals surface area contributed by atoms with Crippen LogP contribution in [0.15, 0.2) is 24.3 Å². The maximum Gasteiger partial charge on any atom is 0.261 e. The summed E-state index contributed by atoms with van der Waals surface area (Å²) in [6.45, 7) is 4.61. The zero-order valence-corrected chi connectivity index (χ0v) is 12.1. The molecule has 0 fully saturated rings. The van der Waals surface area contributed by atoms with Crippen LogP contribution >= 0.6 is 15.9 Å². The highest BCUT2D eigenvalue weighted by Crippen LogP contribution is 2.24. The Bertz CT molecular complexity index is 449. The average molecular weight is 310 g/mol. The molecule has 1 aromatic carbocycles. The summed E-state index contributed by atoms with van der Waals surface area (Å²) in [5, 5.41) is 0. The van der Waals surface area contributed by atoms with Crippen molar-refractivity contribution in [2.45, 2.75) is 25.1 Å². The van der Waals surface area contributed by atoms with Crippen LogP contribution in [0.1, 0.15) is 41.0 Å². The zero-order valence-electron chi connectivity index (χ0n) is 10.5. The Labute approximate surface area is 115 Å². The summed E-state index contributed by atoms with van der Waals surface area (Å²) in [5.41, 5.74) is 1.06. The number of imide groups is 1. The summed E-state index contributed by atoms with van der Waals surface area (Å²) in [6.07, 6.45) is 0.938. The molecule has 4 heteroatoms. The van der Waals surface area contributed by atoms with Gasteiger partial charge in [-0.15, -0.1) is 0 Å². The van der Waals surface area contributed by atoms with Crippen LogP contribution in [0.3, 0.4) is 0 Å². The van der Waals surface area contributed by atoms with Gasteiger partial charge in [0.15, 0.2) is 0 Å². The van der Waals surface area contributed by atoms with E-state index < -0.39 is 0 Å². The Hall–Kier alpha value is -1.16. The van der Waals surface area contributed by atoms with E-state index in [9.17, 15) is 9.59 Å². The summed E-state index contributed by atoms with van der Waals surface area (Å²) in [7, 11) is 0. The molecule has 0 N–H and O–H groups in total. The van der Waals surface area contributed by atoms with E-state index in [0.29, 0.717) is 28.4 Å². The van der Waals surface area contributed by atoms with Gasteiger partial charge in [-0.3, -0.25) is 14.5 Å². The van der Waals surface area contributed by atoms with Gasteiger partial charge in [0.05, 0.1) is 11.1 Å². The lowest BCUT2D eigenvalue weighted by atomic mass is 10.1. The van der Waals surface area contributed by atoms with Crippen molar-refractivity contribution < 1.29 is 9.59 Å². The maximum atomic E-state index is 12.1. The van der Waals surface area contributed by atoms with Gasteiger partial charge in [0.1, 0.15) is 0 Å². The first-order valence-electron chi connectivity index (χ1n) is 6.10. The van der Waals surface area contributed by atoms with Crippen LogP contribution in [0.4, 0.5) is 0 Å². The number of hydrogen-bond donors (Lipinski definition) is 0. The van der Waals surface area contributed by atoms with E-state index in [1.807, 2.05) is 0 Å². The molecule has 96 valence electrons. The molecule has 0 saturated carbocycles. The van der Waals surface area contributed by atoms with Gasteiger partial charge >= 0.3 is 0 Å². The zero-order chi connectivity index (χ0) is 13.3. The summed E-state index contributed by atoms with van der Waals surface area (Å²) in [5.74, 6) is -0.0315. The van der Waals surface area contributed by atoms with Crippen molar-refractivity contribution in [2.24, 2.45) is 5.92 Å². The van der Waals surface area contributed by atoms with Gasteiger partial charge in [-0.05, 0) is 24.5 Å². The van der Waals surface area contributed by atoms with E-state index in [0.717, 1.165) is 6.42 Å². The molecule has 2 amide bonds. The van der Waals surface area contributed by atoms with Gasteiger partial charge in [0, 0.05) is 11.4 Å². The summed E-state index contributed by atoms with van der Waals surface area (Å²) < 4.78 is 0. The minimum atomic E-state index is -0.162. The molecule has 1 heterocycles. The second kappa shape index (κ2) is 5.22. The van der Waals surface area contributed by atoms with Gasteiger partial charge < -0.3 is 0 Å². The van der Waals surface area contributed by atoms with Crippen molar-refractivity contribution >= 4 is 27.7 Å². The van der Waals surface area contributed by atoms with Crippen LogP contribution in [0.25, 0.3) is 0 Å². The van der Waals surface area contributed by atoms with Crippen molar-refractivity contribution in [1.82, 2.24) is 4.90 Å². The fourth-order valence-electron chi connectivity index (χ4n) is 2.35. The van der Waals surface area contributed by atoms with Crippen molar-refractivity contribution in [2.75, 3.05) is 6.54 Å². The Balaban J connectivity index is 2.14. The number of amides is 2. The molecule has 2 rings (SSSR count). The summed E-state index contributed by atoms with van der Waals surface area (Å²) in [4.78, 5) is 26.0. The van der Waals surface area contributed by atoms with Crippen molar-refractivity contribution in [3.05, 3.63) is 35.4 Å². The quantitative estimate of drug-likeness (QED) is 0.633. The van der Waals surface area contributed by atoms with Crippen LogP contribution in [-0.4, -0.2) is 28.1 Å². The molecule has 1 aliphatic heterocycles. The number of carbonyl (C=O) groups is 2. The van der Waals surface area contributed by atoms with E-state index in [1.54, 1.807) is 24.3 Å². The number of rotatable bonds is 4. The maximum absolute atomic E-state index is 12.1. The van der Waals surface area contributed by atoms with E-state index in [4.69, 9.17) is 0 Å². The number of nitrogens with zero attached hydrogens (tertiary/aromatic N) is 1. The summed E-state index contributed by atoms with van der Waals surface area (Å²) in [6, 6.07) is 7.01. The number of benzene rings is 1. The first-order valence-corrected chi connectivity index (χ1v) is 7.01. The van der Waals surface area contributed by atoms with E-state index in [-0.39, 0.29) is 11.8 Å². The van der Waals surface area contributed by atoms with Gasteiger partial charge in [0.2, 0.25) is 0 Å². The fourth-order valence-corrected chi connectivity index (χ4v) is 2.98. The highest BCUT2D eigenvalue weighted by Gasteiger charge is 2.35. The molecular weight excluding hydrogens is 294 g/mol. The smallest absolute Gasteiger partial charge is 0.261 e. The molecule has 0 spiro atoms. The number of carbonyl (C=O) groups excluding carboxylic acids is 2. The predicted octanol–water partition coefficient (Wildman–Crippen LogP) is 3.09. The van der Waals surface area contributed by atoms with Crippen molar-refractivity contribution in [3.63, 3.8) is 0 Å². The van der Waals surface area contributed by atoms with Crippen LogP contribution in [0.2, 0.25) is 0 Å². The van der Waals surface area contributed by atoms with Crippen LogP contribution in [0, 0.1) is 5.92 Å². The SMILES string of the molecule is CC(Br)CC(C)CN1C(=O)c2ccccc2C1=O. The minimum Gasteiger partial charge on any atom is -0.274 e. The van der Waals surface area contributed by atoms with Crippen LogP contribution in [0.5, 0.6) is 0 Å². The van der Waals surface area contributed by atoms with E-state index in [1.165, 1.54) is 4.90 Å². The first-order chi connectivity index (χ1) is 8.50. The Morgan fingerprint density at radius 2 is 1.61 bits per heavy atom. The highest BCUT2D eigenvalue weighted by molar-refractivity contribution is 9.09. The second-order valence-electron chi connectivity index (χ2n) is 4.89. The predicted molar refractivity (Wildman–Crippen MR) is 74.0 cm³/mol. The molecule has 1 aromatic rings. The van der Waals surface area contributed by atoms with E-state index in [2.05, 4.69) is 29.8 Å². The third kappa shape index (κ3) is 2.48. The molecule has 0 saturated heterocycles. The molecule has 0 bridgehead atoms. The molecule has 0 radical (unpaired) electrons. The molecule has 0 aromatic heterocycles. The summed E-state index contributed by atoms with van der Waals surface area (Å²) >= 11 is 3.49. The van der Waals surface area contributed by atoms with Crippen LogP contribution in [-0.2, 0) is 0 Å². The Kier molecular flexibility index (Phi) is 3.85. The Morgan fingerprint density at radius 1 is 1.11 bits per heavy atom. The number of alkyl halides is 1. The van der Waals surface area contributed by atoms with Crippen LogP contribution < -0.4 is 0 Å². The highest BCUT2D eigenvalue weighted by atomic mass is 79.9. The molecule has 2 unspecified atom stereocenters. The lowest BCUT2D eigenvalue weighted by molar-refractivity contribution is 0.0630. The van der Waals surface area contributed by atoms with Gasteiger partial charge in [-0.1, -0.05) is 41.9 Å². The van der Waals surface area contributed by atoms with Gasteiger partial charge in [-0.25, -0.2) is 0 Å². The number of fused-ring (bicyclic) bond motifs is 1. The standard InChI is InChI=1S/C14H16BrNO2/c1-9(7-10(2)15)8-16-13(17)11-5-3-4-6-12(11)14(16)18/h3-6,9-10H,7-8H2,1-2H3. The molecule has 18 heavy (non-hydrogen) atoms. The first kappa shape index (κ1) is 13.3. The lowest BCUT2D eigenvalue weighted by Gasteiger charge is -2.20. The Morgan fingerprint density at radius 3 is 2.06 bits per heavy atom. The lowest BCUT2D eigenvalue weighted by Crippen LogP contribution is -2.34. The normalized spacial score (nSPS) is 17.8. The monoisotopic (exact) mass is 309 g/mol. The number of halogens is 1. The van der Waals surface area contributed by atoms with Crippen molar-refractivity contribution in [1.29, 1.82) is 0 Å². The molecule has 2 atom stereocenters. The molecular formula is C14H16BrNO2. The minimum absolute atomic E-state index is 0.162. The van der Waals surface area contributed by atoms with Gasteiger partial charge in [-0.2, -0.15) is 0 Å².